The SMILES string of the molecule is O=C(O)c1cccc(N2C(=O)[C@@H]3[C@@H](C2=O)[C@@H]2C=C[C@@H]3C2)c1. The molecule has 2 bridgehead atoms. The van der Waals surface area contributed by atoms with Crippen molar-refractivity contribution in [3.8, 4) is 0 Å². The summed E-state index contributed by atoms with van der Waals surface area (Å²) in [6.45, 7) is 0. The summed E-state index contributed by atoms with van der Waals surface area (Å²) >= 11 is 0. The van der Waals surface area contributed by atoms with Gasteiger partial charge in [-0.15, -0.1) is 0 Å². The molecule has 1 saturated heterocycles. The molecule has 2 aliphatic carbocycles. The molecule has 1 aromatic rings. The normalized spacial score (nSPS) is 32.9. The molecular weight excluding hydrogens is 270 g/mol. The van der Waals surface area contributed by atoms with Gasteiger partial charge >= 0.3 is 5.97 Å². The van der Waals surface area contributed by atoms with Gasteiger partial charge in [-0.1, -0.05) is 18.2 Å². The van der Waals surface area contributed by atoms with E-state index in [2.05, 4.69) is 0 Å². The van der Waals surface area contributed by atoms with Crippen molar-refractivity contribution in [2.24, 2.45) is 23.7 Å². The quantitative estimate of drug-likeness (QED) is 0.662. The van der Waals surface area contributed by atoms with Crippen molar-refractivity contribution in [2.75, 3.05) is 4.90 Å². The van der Waals surface area contributed by atoms with Crippen LogP contribution >= 0.6 is 0 Å². The third-order valence-corrected chi connectivity index (χ3v) is 4.82. The number of carboxylic acids is 1. The molecular formula is C16H13NO4. The number of anilines is 1. The maximum absolute atomic E-state index is 12.6. The van der Waals surface area contributed by atoms with Gasteiger partial charge in [0.05, 0.1) is 23.1 Å². The van der Waals surface area contributed by atoms with Crippen LogP contribution in [-0.2, 0) is 9.59 Å². The van der Waals surface area contributed by atoms with Crippen LogP contribution in [0.4, 0.5) is 5.69 Å². The average molecular weight is 283 g/mol. The van der Waals surface area contributed by atoms with Crippen molar-refractivity contribution in [2.45, 2.75) is 6.42 Å². The topological polar surface area (TPSA) is 74.7 Å². The van der Waals surface area contributed by atoms with Crippen LogP contribution in [-0.4, -0.2) is 22.9 Å². The smallest absolute Gasteiger partial charge is 0.335 e. The van der Waals surface area contributed by atoms with E-state index in [4.69, 9.17) is 5.11 Å². The number of carbonyl (C=O) groups is 3. The molecule has 1 aromatic carbocycles. The van der Waals surface area contributed by atoms with E-state index in [1.807, 2.05) is 12.2 Å². The Morgan fingerprint density at radius 1 is 1.10 bits per heavy atom. The fourth-order valence-electron chi connectivity index (χ4n) is 3.93. The second-order valence-corrected chi connectivity index (χ2v) is 5.87. The van der Waals surface area contributed by atoms with E-state index < -0.39 is 5.97 Å². The number of benzene rings is 1. The predicted octanol–water partition coefficient (Wildman–Crippen LogP) is 1.70. The second-order valence-electron chi connectivity index (χ2n) is 5.87. The van der Waals surface area contributed by atoms with Crippen LogP contribution in [0.2, 0.25) is 0 Å². The Hall–Kier alpha value is -2.43. The summed E-state index contributed by atoms with van der Waals surface area (Å²) in [6.07, 6.45) is 4.96. The van der Waals surface area contributed by atoms with Gasteiger partial charge in [0, 0.05) is 0 Å². The molecule has 0 radical (unpaired) electrons. The summed E-state index contributed by atoms with van der Waals surface area (Å²) in [6, 6.07) is 6.00. The lowest BCUT2D eigenvalue weighted by molar-refractivity contribution is -0.123. The van der Waals surface area contributed by atoms with Crippen LogP contribution in [0.3, 0.4) is 0 Å². The fourth-order valence-corrected chi connectivity index (χ4v) is 3.93. The van der Waals surface area contributed by atoms with Crippen LogP contribution in [0.25, 0.3) is 0 Å². The molecule has 0 spiro atoms. The van der Waals surface area contributed by atoms with Gasteiger partial charge < -0.3 is 5.11 Å². The Kier molecular flexibility index (Phi) is 2.37. The number of nitrogens with zero attached hydrogens (tertiary/aromatic N) is 1. The number of fused-ring (bicyclic) bond motifs is 5. The number of allylic oxidation sites excluding steroid dienone is 2. The van der Waals surface area contributed by atoms with Crippen LogP contribution in [0.5, 0.6) is 0 Å². The lowest BCUT2D eigenvalue weighted by atomic mass is 9.85. The highest BCUT2D eigenvalue weighted by Crippen LogP contribution is 2.53. The van der Waals surface area contributed by atoms with Gasteiger partial charge in [-0.25, -0.2) is 9.69 Å². The van der Waals surface area contributed by atoms with Crippen molar-refractivity contribution in [3.05, 3.63) is 42.0 Å². The summed E-state index contributed by atoms with van der Waals surface area (Å²) in [5.74, 6) is -1.66. The van der Waals surface area contributed by atoms with Gasteiger partial charge in [0.2, 0.25) is 11.8 Å². The van der Waals surface area contributed by atoms with Gasteiger partial charge in [-0.05, 0) is 36.5 Å². The molecule has 0 unspecified atom stereocenters. The van der Waals surface area contributed by atoms with E-state index in [9.17, 15) is 14.4 Å². The van der Waals surface area contributed by atoms with E-state index in [1.54, 1.807) is 12.1 Å². The zero-order valence-electron chi connectivity index (χ0n) is 11.1. The summed E-state index contributed by atoms with van der Waals surface area (Å²) in [7, 11) is 0. The van der Waals surface area contributed by atoms with Crippen LogP contribution < -0.4 is 4.90 Å². The minimum Gasteiger partial charge on any atom is -0.478 e. The van der Waals surface area contributed by atoms with Gasteiger partial charge in [-0.2, -0.15) is 0 Å². The number of carbonyl (C=O) groups excluding carboxylic acids is 2. The molecule has 5 nitrogen and oxygen atoms in total. The predicted molar refractivity (Wildman–Crippen MR) is 73.6 cm³/mol. The third-order valence-electron chi connectivity index (χ3n) is 4.82. The Morgan fingerprint density at radius 2 is 1.71 bits per heavy atom. The largest absolute Gasteiger partial charge is 0.478 e. The van der Waals surface area contributed by atoms with Crippen molar-refractivity contribution in [1.29, 1.82) is 0 Å². The number of carboxylic acid groups (broad SMARTS) is 1. The van der Waals surface area contributed by atoms with Gasteiger partial charge in [-0.3, -0.25) is 9.59 Å². The highest BCUT2D eigenvalue weighted by Gasteiger charge is 2.59. The first-order valence-corrected chi connectivity index (χ1v) is 6.97. The van der Waals surface area contributed by atoms with Gasteiger partial charge in [0.1, 0.15) is 0 Å². The molecule has 5 heteroatoms. The monoisotopic (exact) mass is 283 g/mol. The van der Waals surface area contributed by atoms with Gasteiger partial charge in [0.25, 0.3) is 0 Å². The lowest BCUT2D eigenvalue weighted by Crippen LogP contribution is -2.32. The lowest BCUT2D eigenvalue weighted by Gasteiger charge is -2.17. The molecule has 1 saturated carbocycles. The second kappa shape index (κ2) is 4.04. The van der Waals surface area contributed by atoms with E-state index >= 15 is 0 Å². The maximum atomic E-state index is 12.6. The molecule has 1 heterocycles. The molecule has 4 atom stereocenters. The summed E-state index contributed by atoms with van der Waals surface area (Å²) in [4.78, 5) is 37.4. The molecule has 2 fully saturated rings. The zero-order valence-corrected chi connectivity index (χ0v) is 11.1. The highest BCUT2D eigenvalue weighted by molar-refractivity contribution is 6.23. The minimum atomic E-state index is -1.07. The summed E-state index contributed by atoms with van der Waals surface area (Å²) in [5, 5.41) is 9.04. The van der Waals surface area contributed by atoms with Crippen molar-refractivity contribution < 1.29 is 19.5 Å². The number of amides is 2. The van der Waals surface area contributed by atoms with Crippen molar-refractivity contribution >= 4 is 23.5 Å². The van der Waals surface area contributed by atoms with E-state index in [-0.39, 0.29) is 41.0 Å². The molecule has 106 valence electrons. The average Bonchev–Trinajstić information content (AvgIpc) is 3.13. The Bertz CT molecular complexity index is 678. The van der Waals surface area contributed by atoms with Crippen LogP contribution in [0.1, 0.15) is 16.8 Å². The molecule has 1 aliphatic heterocycles. The number of hydrogen-bond donors (Lipinski definition) is 1. The number of hydrogen-bond acceptors (Lipinski definition) is 3. The minimum absolute atomic E-state index is 0.0752. The standard InChI is InChI=1S/C16H13NO4/c18-14-12-8-4-5-9(6-8)13(12)15(19)17(14)11-3-1-2-10(7-11)16(20)21/h1-5,7-9,12-13H,6H2,(H,20,21)/t8-,9-,12+,13+/m1/s1. The highest BCUT2D eigenvalue weighted by atomic mass is 16.4. The molecule has 21 heavy (non-hydrogen) atoms. The van der Waals surface area contributed by atoms with E-state index in [1.165, 1.54) is 17.0 Å². The third kappa shape index (κ3) is 1.54. The molecule has 3 aliphatic rings. The Balaban J connectivity index is 1.74. The fraction of sp³-hybridized carbons (Fsp3) is 0.312. The summed E-state index contributed by atoms with van der Waals surface area (Å²) < 4.78 is 0. The number of rotatable bonds is 2. The first-order valence-electron chi connectivity index (χ1n) is 6.97. The Labute approximate surface area is 120 Å². The first-order chi connectivity index (χ1) is 10.1. The van der Waals surface area contributed by atoms with E-state index in [0.717, 1.165) is 6.42 Å². The van der Waals surface area contributed by atoms with Gasteiger partial charge in [0.15, 0.2) is 0 Å². The molecule has 1 N–H and O–H groups in total. The number of imide groups is 1. The van der Waals surface area contributed by atoms with Crippen LogP contribution in [0.15, 0.2) is 36.4 Å². The maximum Gasteiger partial charge on any atom is 0.335 e. The molecule has 2 amide bonds. The first kappa shape index (κ1) is 12.3. The van der Waals surface area contributed by atoms with Crippen molar-refractivity contribution in [3.63, 3.8) is 0 Å². The zero-order chi connectivity index (χ0) is 14.7. The number of aromatic carboxylic acids is 1. The van der Waals surface area contributed by atoms with Crippen molar-refractivity contribution in [1.82, 2.24) is 0 Å². The van der Waals surface area contributed by atoms with Crippen LogP contribution in [0, 0.1) is 23.7 Å². The Morgan fingerprint density at radius 3 is 2.29 bits per heavy atom. The molecule has 4 rings (SSSR count). The van der Waals surface area contributed by atoms with E-state index in [0.29, 0.717) is 5.69 Å². The summed E-state index contributed by atoms with van der Waals surface area (Å²) in [5.41, 5.74) is 0.435. The molecule has 0 aromatic heterocycles.